The van der Waals surface area contributed by atoms with E-state index < -0.39 is 11.6 Å². The number of hydrogen-bond acceptors (Lipinski definition) is 0. The molecular formula is C31H34F2. The maximum Gasteiger partial charge on any atom is 0.133 e. The molecule has 4 rings (SSSR count). The van der Waals surface area contributed by atoms with E-state index in [4.69, 9.17) is 0 Å². The van der Waals surface area contributed by atoms with E-state index in [2.05, 4.69) is 61.5 Å². The first-order valence-electron chi connectivity index (χ1n) is 12.3. The van der Waals surface area contributed by atoms with Gasteiger partial charge in [0, 0.05) is 11.6 Å². The topological polar surface area (TPSA) is 0 Å². The van der Waals surface area contributed by atoms with Gasteiger partial charge in [-0.2, -0.15) is 0 Å². The molecule has 0 radical (unpaired) electrons. The van der Waals surface area contributed by atoms with Gasteiger partial charge >= 0.3 is 0 Å². The summed E-state index contributed by atoms with van der Waals surface area (Å²) < 4.78 is 26.8. The van der Waals surface area contributed by atoms with Gasteiger partial charge in [-0.1, -0.05) is 99.4 Å². The van der Waals surface area contributed by atoms with Crippen molar-refractivity contribution in [2.45, 2.75) is 57.8 Å². The number of rotatable bonds is 8. The molecule has 1 fully saturated rings. The second-order valence-electron chi connectivity index (χ2n) is 9.71. The summed E-state index contributed by atoms with van der Waals surface area (Å²) in [5.41, 5.74) is 4.26. The molecule has 1 aliphatic carbocycles. The summed E-state index contributed by atoms with van der Waals surface area (Å²) in [5, 5.41) is 0. The van der Waals surface area contributed by atoms with Crippen LogP contribution >= 0.6 is 0 Å². The van der Waals surface area contributed by atoms with Crippen LogP contribution in [0.3, 0.4) is 0 Å². The molecule has 3 aromatic rings. The van der Waals surface area contributed by atoms with Gasteiger partial charge in [0.1, 0.15) is 11.6 Å². The molecule has 0 amide bonds. The first-order valence-corrected chi connectivity index (χ1v) is 12.3. The SMILES string of the molecule is C[C@@H](CC1CCC(CCc2ccc(C=Cc3ccc(F)cc3F)cc2)CC1)c1ccccc1. The molecule has 33 heavy (non-hydrogen) atoms. The van der Waals surface area contributed by atoms with Gasteiger partial charge in [0.15, 0.2) is 0 Å². The molecule has 0 aliphatic heterocycles. The minimum atomic E-state index is -0.552. The highest BCUT2D eigenvalue weighted by molar-refractivity contribution is 5.69. The summed E-state index contributed by atoms with van der Waals surface area (Å²) in [6.45, 7) is 2.37. The molecule has 0 bridgehead atoms. The highest BCUT2D eigenvalue weighted by Gasteiger charge is 2.23. The third-order valence-corrected chi connectivity index (χ3v) is 7.26. The lowest BCUT2D eigenvalue weighted by Gasteiger charge is -2.30. The molecule has 1 saturated carbocycles. The Labute approximate surface area is 197 Å². The van der Waals surface area contributed by atoms with Crippen LogP contribution in [0.1, 0.15) is 73.6 Å². The van der Waals surface area contributed by atoms with E-state index in [0.29, 0.717) is 11.5 Å². The summed E-state index contributed by atoms with van der Waals surface area (Å²) in [7, 11) is 0. The molecule has 0 spiro atoms. The van der Waals surface area contributed by atoms with Crippen molar-refractivity contribution in [2.75, 3.05) is 0 Å². The van der Waals surface area contributed by atoms with Crippen LogP contribution in [0.15, 0.2) is 72.8 Å². The molecular weight excluding hydrogens is 410 g/mol. The zero-order chi connectivity index (χ0) is 23.0. The number of benzene rings is 3. The van der Waals surface area contributed by atoms with Crippen LogP contribution < -0.4 is 0 Å². The highest BCUT2D eigenvalue weighted by atomic mass is 19.1. The third kappa shape index (κ3) is 6.87. The van der Waals surface area contributed by atoms with Crippen LogP contribution in [0, 0.1) is 23.5 Å². The Morgan fingerprint density at radius 3 is 2.21 bits per heavy atom. The molecule has 0 nitrogen and oxygen atoms in total. The van der Waals surface area contributed by atoms with Gasteiger partial charge in [-0.15, -0.1) is 0 Å². The van der Waals surface area contributed by atoms with Crippen molar-refractivity contribution in [2.24, 2.45) is 11.8 Å². The summed E-state index contributed by atoms with van der Waals surface area (Å²) >= 11 is 0. The van der Waals surface area contributed by atoms with Gasteiger partial charge in [0.25, 0.3) is 0 Å². The van der Waals surface area contributed by atoms with Gasteiger partial charge in [-0.05, 0) is 65.8 Å². The number of aryl methyl sites for hydroxylation is 1. The molecule has 1 aliphatic rings. The van der Waals surface area contributed by atoms with E-state index >= 15 is 0 Å². The average Bonchev–Trinajstić information content (AvgIpc) is 2.84. The molecule has 0 heterocycles. The summed E-state index contributed by atoms with van der Waals surface area (Å²) in [6, 6.07) is 23.1. The van der Waals surface area contributed by atoms with Crippen LogP contribution in [0.25, 0.3) is 12.2 Å². The highest BCUT2D eigenvalue weighted by Crippen LogP contribution is 2.37. The van der Waals surface area contributed by atoms with Crippen molar-refractivity contribution < 1.29 is 8.78 Å². The molecule has 0 unspecified atom stereocenters. The Balaban J connectivity index is 1.20. The van der Waals surface area contributed by atoms with E-state index in [1.165, 1.54) is 61.8 Å². The first-order chi connectivity index (χ1) is 16.1. The third-order valence-electron chi connectivity index (χ3n) is 7.26. The minimum Gasteiger partial charge on any atom is -0.207 e. The van der Waals surface area contributed by atoms with Gasteiger partial charge in [0.05, 0.1) is 0 Å². The van der Waals surface area contributed by atoms with E-state index in [1.807, 2.05) is 6.08 Å². The first kappa shape index (κ1) is 23.4. The maximum atomic E-state index is 13.8. The predicted molar refractivity (Wildman–Crippen MR) is 135 cm³/mol. The Morgan fingerprint density at radius 2 is 1.52 bits per heavy atom. The molecule has 3 aromatic carbocycles. The van der Waals surface area contributed by atoms with Crippen molar-refractivity contribution in [1.82, 2.24) is 0 Å². The van der Waals surface area contributed by atoms with E-state index in [1.54, 1.807) is 6.08 Å². The Hall–Kier alpha value is -2.74. The fraction of sp³-hybridized carbons (Fsp3) is 0.355. The van der Waals surface area contributed by atoms with Crippen molar-refractivity contribution in [1.29, 1.82) is 0 Å². The lowest BCUT2D eigenvalue weighted by atomic mass is 9.76. The lowest BCUT2D eigenvalue weighted by molar-refractivity contribution is 0.245. The van der Waals surface area contributed by atoms with E-state index in [0.717, 1.165) is 29.9 Å². The Morgan fingerprint density at radius 1 is 0.818 bits per heavy atom. The number of halogens is 2. The molecule has 1 atom stereocenters. The fourth-order valence-corrected chi connectivity index (χ4v) is 5.16. The van der Waals surface area contributed by atoms with Gasteiger partial charge in [-0.25, -0.2) is 8.78 Å². The summed E-state index contributed by atoms with van der Waals surface area (Å²) in [5.74, 6) is 1.28. The van der Waals surface area contributed by atoms with Gasteiger partial charge in [-0.3, -0.25) is 0 Å². The van der Waals surface area contributed by atoms with Crippen molar-refractivity contribution in [3.05, 3.63) is 107 Å². The normalized spacial score (nSPS) is 19.6. The van der Waals surface area contributed by atoms with E-state index in [-0.39, 0.29) is 0 Å². The molecule has 2 heteroatoms. The van der Waals surface area contributed by atoms with Crippen LogP contribution in [0.5, 0.6) is 0 Å². The molecule has 0 saturated heterocycles. The molecule has 172 valence electrons. The predicted octanol–water partition coefficient (Wildman–Crippen LogP) is 9.07. The quantitative estimate of drug-likeness (QED) is 0.304. The standard InChI is InChI=1S/C31H34F2/c1-23(28-5-3-2-4-6-28)21-27-15-13-25(14-16-27)8-7-24-9-11-26(12-10-24)17-18-29-19-20-30(32)22-31(29)33/h2-6,9-12,17-20,22-23,25,27H,7-8,13-16,21H2,1H3/t23-,25?,27?/m0/s1. The van der Waals surface area contributed by atoms with E-state index in [9.17, 15) is 8.78 Å². The maximum absolute atomic E-state index is 13.8. The largest absolute Gasteiger partial charge is 0.207 e. The number of hydrogen-bond donors (Lipinski definition) is 0. The average molecular weight is 445 g/mol. The zero-order valence-corrected chi connectivity index (χ0v) is 19.5. The second kappa shape index (κ2) is 11.4. The Bertz CT molecular complexity index is 1030. The van der Waals surface area contributed by atoms with Gasteiger partial charge < -0.3 is 0 Å². The molecule has 0 N–H and O–H groups in total. The molecule has 0 aromatic heterocycles. The van der Waals surface area contributed by atoms with Crippen LogP contribution in [-0.4, -0.2) is 0 Å². The monoisotopic (exact) mass is 444 g/mol. The minimum absolute atomic E-state index is 0.397. The van der Waals surface area contributed by atoms with Crippen LogP contribution in [0.4, 0.5) is 8.78 Å². The fourth-order valence-electron chi connectivity index (χ4n) is 5.16. The summed E-state index contributed by atoms with van der Waals surface area (Å²) in [4.78, 5) is 0. The second-order valence-corrected chi connectivity index (χ2v) is 9.71. The van der Waals surface area contributed by atoms with Crippen molar-refractivity contribution >= 4 is 12.2 Å². The van der Waals surface area contributed by atoms with Crippen molar-refractivity contribution in [3.63, 3.8) is 0 Å². The lowest BCUT2D eigenvalue weighted by Crippen LogP contribution is -2.16. The Kier molecular flexibility index (Phi) is 8.10. The van der Waals surface area contributed by atoms with Crippen molar-refractivity contribution in [3.8, 4) is 0 Å². The zero-order valence-electron chi connectivity index (χ0n) is 19.5. The summed E-state index contributed by atoms with van der Waals surface area (Å²) in [6.07, 6.45) is 12.7. The van der Waals surface area contributed by atoms with Crippen LogP contribution in [-0.2, 0) is 6.42 Å². The van der Waals surface area contributed by atoms with Crippen LogP contribution in [0.2, 0.25) is 0 Å². The van der Waals surface area contributed by atoms with Gasteiger partial charge in [0.2, 0.25) is 0 Å². The smallest absolute Gasteiger partial charge is 0.133 e.